The zero-order chi connectivity index (χ0) is 6.95. The van der Waals surface area contributed by atoms with Crippen LogP contribution < -0.4 is 0 Å². The quantitative estimate of drug-likeness (QED) is 0.510. The molecule has 0 nitrogen and oxygen atoms in total. The molecule has 0 saturated carbocycles. The van der Waals surface area contributed by atoms with Crippen molar-refractivity contribution in [1.29, 1.82) is 0 Å². The van der Waals surface area contributed by atoms with Crippen molar-refractivity contribution >= 4 is 27.2 Å². The van der Waals surface area contributed by atoms with E-state index in [4.69, 9.17) is 0 Å². The van der Waals surface area contributed by atoms with Crippen molar-refractivity contribution in [2.45, 2.75) is 0 Å². The molecule has 0 atom stereocenters. The summed E-state index contributed by atoms with van der Waals surface area (Å²) in [6.45, 7) is 0. The van der Waals surface area contributed by atoms with Gasteiger partial charge in [-0.05, 0) is 0 Å². The van der Waals surface area contributed by atoms with Crippen molar-refractivity contribution in [3.8, 4) is 0 Å². The predicted octanol–water partition coefficient (Wildman–Crippen LogP) is 3.18. The SMILES string of the molecule is [Br][Zn][Br].[c-]1ccccc1. The third-order valence-corrected chi connectivity index (χ3v) is 0.607. The maximum absolute atomic E-state index is 3.25. The van der Waals surface area contributed by atoms with Crippen LogP contribution in [-0.2, 0) is 13.2 Å². The average Bonchev–Trinajstić information content (AvgIpc) is 1.93. The Labute approximate surface area is 76.4 Å². The Balaban J connectivity index is 0.000000187. The third-order valence-electron chi connectivity index (χ3n) is 0.607. The normalized spacial score (nSPS) is 6.44. The molecule has 0 spiro atoms. The molecule has 46 valence electrons. The Morgan fingerprint density at radius 3 is 1.56 bits per heavy atom. The monoisotopic (exact) mass is 299 g/mol. The maximum Gasteiger partial charge on any atom is -0.171 e. The summed E-state index contributed by atoms with van der Waals surface area (Å²) < 4.78 is 0. The summed E-state index contributed by atoms with van der Waals surface area (Å²) in [6, 6.07) is 12.5. The molecule has 9 heavy (non-hydrogen) atoms. The number of rotatable bonds is 0. The van der Waals surface area contributed by atoms with Gasteiger partial charge in [0.2, 0.25) is 0 Å². The second kappa shape index (κ2) is 8.80. The minimum absolute atomic E-state index is 0.250. The van der Waals surface area contributed by atoms with Crippen LogP contribution in [0.4, 0.5) is 0 Å². The van der Waals surface area contributed by atoms with Crippen molar-refractivity contribution in [3.05, 3.63) is 36.4 Å². The summed E-state index contributed by atoms with van der Waals surface area (Å²) in [5, 5.41) is 0. The van der Waals surface area contributed by atoms with Crippen molar-refractivity contribution < 1.29 is 13.2 Å². The van der Waals surface area contributed by atoms with E-state index in [1.54, 1.807) is 0 Å². The Morgan fingerprint density at radius 1 is 1.00 bits per heavy atom. The summed E-state index contributed by atoms with van der Waals surface area (Å²) >= 11 is 6.25. The van der Waals surface area contributed by atoms with E-state index in [1.807, 2.05) is 30.3 Å². The molecule has 3 heteroatoms. The van der Waals surface area contributed by atoms with E-state index in [-0.39, 0.29) is 13.2 Å². The van der Waals surface area contributed by atoms with Gasteiger partial charge in [-0.25, -0.2) is 0 Å². The molecule has 0 aliphatic rings. The molecule has 1 aromatic rings. The van der Waals surface area contributed by atoms with Crippen molar-refractivity contribution in [1.82, 2.24) is 0 Å². The van der Waals surface area contributed by atoms with Gasteiger partial charge in [-0.2, -0.15) is 36.4 Å². The van der Waals surface area contributed by atoms with Gasteiger partial charge in [-0.1, -0.05) is 0 Å². The second-order valence-electron chi connectivity index (χ2n) is 1.18. The van der Waals surface area contributed by atoms with Crippen LogP contribution in [0.25, 0.3) is 0 Å². The van der Waals surface area contributed by atoms with Gasteiger partial charge >= 0.3 is 40.5 Å². The van der Waals surface area contributed by atoms with Crippen molar-refractivity contribution in [2.24, 2.45) is 0 Å². The zero-order valence-corrected chi connectivity index (χ0v) is 11.0. The Kier molecular flexibility index (Phi) is 9.59. The Bertz CT molecular complexity index is 93.9. The minimum atomic E-state index is -0.250. The predicted molar refractivity (Wildman–Crippen MR) is 43.1 cm³/mol. The van der Waals surface area contributed by atoms with Gasteiger partial charge in [-0.3, -0.25) is 0 Å². The fraction of sp³-hybridized carbons (Fsp3) is 0. The van der Waals surface area contributed by atoms with Crippen LogP contribution in [-0.4, -0.2) is 0 Å². The van der Waals surface area contributed by atoms with Gasteiger partial charge < -0.3 is 0 Å². The first-order valence-corrected chi connectivity index (χ1v) is 16.3. The molecule has 0 heterocycles. The molecule has 0 amide bonds. The summed E-state index contributed by atoms with van der Waals surface area (Å²) in [7, 11) is 0. The number of benzene rings is 1. The van der Waals surface area contributed by atoms with Crippen LogP contribution in [0.1, 0.15) is 0 Å². The molecular formula is C6H5Br2Zn-. The van der Waals surface area contributed by atoms with Crippen LogP contribution >= 0.6 is 27.2 Å². The molecule has 0 aliphatic heterocycles. The van der Waals surface area contributed by atoms with Crippen molar-refractivity contribution in [3.63, 3.8) is 0 Å². The minimum Gasteiger partial charge on any atom is -0.184 e. The van der Waals surface area contributed by atoms with Crippen LogP contribution in [0.3, 0.4) is 0 Å². The van der Waals surface area contributed by atoms with E-state index in [0.29, 0.717) is 0 Å². The number of halogens is 2. The van der Waals surface area contributed by atoms with E-state index >= 15 is 0 Å². The summed E-state index contributed by atoms with van der Waals surface area (Å²) in [4.78, 5) is 0. The molecule has 0 N–H and O–H groups in total. The van der Waals surface area contributed by atoms with Gasteiger partial charge in [0, 0.05) is 0 Å². The van der Waals surface area contributed by atoms with Gasteiger partial charge in [0.25, 0.3) is 0 Å². The summed E-state index contributed by atoms with van der Waals surface area (Å²) in [5.74, 6) is 0. The Hall–Kier alpha value is 0.803. The van der Waals surface area contributed by atoms with Gasteiger partial charge in [0.15, 0.2) is 0 Å². The van der Waals surface area contributed by atoms with E-state index in [0.717, 1.165) is 0 Å². The molecule has 1 aromatic carbocycles. The van der Waals surface area contributed by atoms with Crippen LogP contribution in [0, 0.1) is 6.07 Å². The fourth-order valence-corrected chi connectivity index (χ4v) is 0.342. The van der Waals surface area contributed by atoms with Gasteiger partial charge in [0.1, 0.15) is 0 Å². The van der Waals surface area contributed by atoms with E-state index < -0.39 is 0 Å². The number of hydrogen-bond acceptors (Lipinski definition) is 0. The first-order valence-electron chi connectivity index (χ1n) is 2.45. The average molecular weight is 302 g/mol. The molecule has 0 aromatic heterocycles. The smallest absolute Gasteiger partial charge is 0.171 e. The number of hydrogen-bond donors (Lipinski definition) is 0. The molecule has 0 bridgehead atoms. The third kappa shape index (κ3) is 8.80. The molecule has 0 aliphatic carbocycles. The first kappa shape index (κ1) is 9.80. The van der Waals surface area contributed by atoms with E-state index in [1.165, 1.54) is 0 Å². The summed E-state index contributed by atoms with van der Waals surface area (Å²) in [5.41, 5.74) is 0. The Morgan fingerprint density at radius 2 is 1.44 bits per heavy atom. The first-order chi connectivity index (χ1) is 4.41. The van der Waals surface area contributed by atoms with Gasteiger partial charge in [-0.15, -0.1) is 0 Å². The topological polar surface area (TPSA) is 0 Å². The molecule has 0 radical (unpaired) electrons. The van der Waals surface area contributed by atoms with Crippen molar-refractivity contribution in [2.75, 3.05) is 0 Å². The molecule has 0 fully saturated rings. The molecule has 0 saturated heterocycles. The molecule has 1 rings (SSSR count). The van der Waals surface area contributed by atoms with Crippen LogP contribution in [0.15, 0.2) is 30.3 Å². The van der Waals surface area contributed by atoms with E-state index in [9.17, 15) is 0 Å². The standard InChI is InChI=1S/C6H5.2BrH.Zn/c1-2-4-6-5-3-1;;;/h1-5H;2*1H;/q-1;;;+2/p-2. The summed E-state index contributed by atoms with van der Waals surface area (Å²) in [6.07, 6.45) is 0. The van der Waals surface area contributed by atoms with Gasteiger partial charge in [0.05, 0.1) is 0 Å². The van der Waals surface area contributed by atoms with Crippen LogP contribution in [0.2, 0.25) is 0 Å². The molecule has 0 unspecified atom stereocenters. The largest absolute Gasteiger partial charge is 0.184 e. The maximum atomic E-state index is 3.25. The fourth-order valence-electron chi connectivity index (χ4n) is 0.342. The van der Waals surface area contributed by atoms with E-state index in [2.05, 4.69) is 33.3 Å². The molecular weight excluding hydrogens is 297 g/mol. The van der Waals surface area contributed by atoms with Crippen LogP contribution in [0.5, 0.6) is 0 Å². The second-order valence-corrected chi connectivity index (χ2v) is 15.2. The zero-order valence-electron chi connectivity index (χ0n) is 4.85.